The van der Waals surface area contributed by atoms with E-state index in [1.807, 2.05) is 60.7 Å². The zero-order valence-electron chi connectivity index (χ0n) is 13.7. The third-order valence-electron chi connectivity index (χ3n) is 3.85. The van der Waals surface area contributed by atoms with E-state index in [2.05, 4.69) is 10.3 Å². The summed E-state index contributed by atoms with van der Waals surface area (Å²) in [6.45, 7) is 0.420. The Kier molecular flexibility index (Phi) is 4.73. The quantitative estimate of drug-likeness (QED) is 0.745. The summed E-state index contributed by atoms with van der Waals surface area (Å²) in [5.41, 5.74) is 0.987. The van der Waals surface area contributed by atoms with Crippen LogP contribution >= 0.6 is 23.1 Å². The average molecular weight is 381 g/mol. The van der Waals surface area contributed by atoms with Crippen molar-refractivity contribution in [1.82, 2.24) is 9.88 Å². The summed E-state index contributed by atoms with van der Waals surface area (Å²) in [6, 6.07) is 19.5. The first kappa shape index (κ1) is 16.8. The van der Waals surface area contributed by atoms with Crippen molar-refractivity contribution >= 4 is 40.7 Å². The van der Waals surface area contributed by atoms with E-state index in [9.17, 15) is 9.59 Å². The van der Waals surface area contributed by atoms with Crippen LogP contribution in [0.1, 0.15) is 15.2 Å². The fourth-order valence-corrected chi connectivity index (χ4v) is 4.71. The maximum absolute atomic E-state index is 12.9. The fourth-order valence-electron chi connectivity index (χ4n) is 2.66. The summed E-state index contributed by atoms with van der Waals surface area (Å²) in [5, 5.41) is 2.76. The van der Waals surface area contributed by atoms with Crippen molar-refractivity contribution in [2.45, 2.75) is 15.8 Å². The van der Waals surface area contributed by atoms with E-state index in [0.29, 0.717) is 17.2 Å². The van der Waals surface area contributed by atoms with Gasteiger partial charge in [0.1, 0.15) is 11.4 Å². The van der Waals surface area contributed by atoms with Crippen LogP contribution in [0.3, 0.4) is 0 Å². The molecule has 1 N–H and O–H groups in total. The van der Waals surface area contributed by atoms with Crippen LogP contribution in [0.25, 0.3) is 0 Å². The molecule has 3 aromatic rings. The van der Waals surface area contributed by atoms with Gasteiger partial charge in [0.25, 0.3) is 5.91 Å². The number of rotatable bonds is 4. The lowest BCUT2D eigenvalue weighted by Gasteiger charge is -2.19. The third kappa shape index (κ3) is 3.63. The molecule has 5 nitrogen and oxygen atoms in total. The topological polar surface area (TPSA) is 62.3 Å². The lowest BCUT2D eigenvalue weighted by molar-refractivity contribution is -0.116. The molecule has 0 spiro atoms. The molecular formula is C19H15N3O2S2. The second kappa shape index (κ2) is 7.31. The molecule has 26 heavy (non-hydrogen) atoms. The number of thiazole rings is 1. The van der Waals surface area contributed by atoms with Gasteiger partial charge in [0.2, 0.25) is 5.91 Å². The van der Waals surface area contributed by atoms with Crippen molar-refractivity contribution in [3.05, 3.63) is 71.1 Å². The number of fused-ring (bicyclic) bond motifs is 1. The molecule has 2 aromatic carbocycles. The summed E-state index contributed by atoms with van der Waals surface area (Å²) in [6.07, 6.45) is 0. The van der Waals surface area contributed by atoms with Crippen LogP contribution in [-0.2, 0) is 11.3 Å². The minimum absolute atomic E-state index is 0.0258. The van der Waals surface area contributed by atoms with Gasteiger partial charge in [-0.2, -0.15) is 0 Å². The first-order chi connectivity index (χ1) is 12.7. The lowest BCUT2D eigenvalue weighted by atomic mass is 10.2. The van der Waals surface area contributed by atoms with E-state index in [-0.39, 0.29) is 18.4 Å². The van der Waals surface area contributed by atoms with Crippen molar-refractivity contribution in [3.8, 4) is 0 Å². The van der Waals surface area contributed by atoms with Crippen molar-refractivity contribution in [2.75, 3.05) is 11.9 Å². The molecule has 7 heteroatoms. The zero-order chi connectivity index (χ0) is 17.9. The van der Waals surface area contributed by atoms with E-state index in [1.165, 1.54) is 23.1 Å². The SMILES string of the molecule is O=C1CN(Cc2ccccc2)C(=O)c2sc(Sc3ccccc3)nc2N1. The van der Waals surface area contributed by atoms with Gasteiger partial charge in [-0.25, -0.2) is 4.98 Å². The number of aromatic nitrogens is 1. The Labute approximate surface area is 159 Å². The molecule has 0 atom stereocenters. The first-order valence-electron chi connectivity index (χ1n) is 8.06. The molecule has 2 heterocycles. The van der Waals surface area contributed by atoms with Crippen LogP contribution in [0.15, 0.2) is 69.9 Å². The van der Waals surface area contributed by atoms with Gasteiger partial charge in [-0.3, -0.25) is 9.59 Å². The lowest BCUT2D eigenvalue weighted by Crippen LogP contribution is -2.34. The molecule has 0 saturated carbocycles. The fraction of sp³-hybridized carbons (Fsp3) is 0.105. The van der Waals surface area contributed by atoms with Gasteiger partial charge in [-0.05, 0) is 17.7 Å². The van der Waals surface area contributed by atoms with Gasteiger partial charge in [0.15, 0.2) is 10.2 Å². The summed E-state index contributed by atoms with van der Waals surface area (Å²) in [4.78, 5) is 32.7. The standard InChI is InChI=1S/C19H15N3O2S2/c23-15-12-22(11-13-7-3-1-4-8-13)18(24)16-17(20-15)21-19(26-16)25-14-9-5-2-6-10-14/h1-10H,11-12H2,(H,20,23). The summed E-state index contributed by atoms with van der Waals surface area (Å²) in [7, 11) is 0. The van der Waals surface area contributed by atoms with Gasteiger partial charge in [-0.15, -0.1) is 0 Å². The summed E-state index contributed by atoms with van der Waals surface area (Å²) >= 11 is 2.80. The molecule has 1 aromatic heterocycles. The maximum atomic E-state index is 12.9. The summed E-state index contributed by atoms with van der Waals surface area (Å²) in [5.74, 6) is -0.0341. The van der Waals surface area contributed by atoms with E-state index < -0.39 is 0 Å². The van der Waals surface area contributed by atoms with Crippen molar-refractivity contribution in [1.29, 1.82) is 0 Å². The Morgan fingerprint density at radius 1 is 1.04 bits per heavy atom. The normalized spacial score (nSPS) is 13.9. The first-order valence-corrected chi connectivity index (χ1v) is 9.69. The maximum Gasteiger partial charge on any atom is 0.268 e. The van der Waals surface area contributed by atoms with Crippen LogP contribution < -0.4 is 5.32 Å². The Bertz CT molecular complexity index is 942. The van der Waals surface area contributed by atoms with Gasteiger partial charge >= 0.3 is 0 Å². The van der Waals surface area contributed by atoms with Crippen LogP contribution in [0, 0.1) is 0 Å². The van der Waals surface area contributed by atoms with Crippen molar-refractivity contribution in [2.24, 2.45) is 0 Å². The number of nitrogens with one attached hydrogen (secondary N) is 1. The molecule has 4 rings (SSSR count). The van der Waals surface area contributed by atoms with Gasteiger partial charge in [-0.1, -0.05) is 71.6 Å². The van der Waals surface area contributed by atoms with Gasteiger partial charge in [0.05, 0.1) is 0 Å². The Morgan fingerprint density at radius 2 is 1.73 bits per heavy atom. The number of benzene rings is 2. The predicted octanol–water partition coefficient (Wildman–Crippen LogP) is 3.89. The third-order valence-corrected chi connectivity index (χ3v) is 5.96. The zero-order valence-corrected chi connectivity index (χ0v) is 15.3. The average Bonchev–Trinajstić information content (AvgIpc) is 2.99. The highest BCUT2D eigenvalue weighted by molar-refractivity contribution is 8.01. The number of anilines is 1. The molecule has 0 saturated heterocycles. The summed E-state index contributed by atoms with van der Waals surface area (Å²) < 4.78 is 0.733. The highest BCUT2D eigenvalue weighted by Gasteiger charge is 2.30. The molecule has 2 amide bonds. The number of hydrogen-bond acceptors (Lipinski definition) is 5. The van der Waals surface area contributed by atoms with E-state index in [1.54, 1.807) is 4.90 Å². The van der Waals surface area contributed by atoms with Crippen LogP contribution in [0.5, 0.6) is 0 Å². The number of hydrogen-bond donors (Lipinski definition) is 1. The van der Waals surface area contributed by atoms with E-state index in [0.717, 1.165) is 14.8 Å². The Morgan fingerprint density at radius 3 is 2.46 bits per heavy atom. The molecule has 0 fully saturated rings. The highest BCUT2D eigenvalue weighted by Crippen LogP contribution is 2.36. The van der Waals surface area contributed by atoms with E-state index >= 15 is 0 Å². The number of amides is 2. The van der Waals surface area contributed by atoms with Gasteiger partial charge < -0.3 is 10.2 Å². The van der Waals surface area contributed by atoms with Gasteiger partial charge in [0, 0.05) is 11.4 Å². The van der Waals surface area contributed by atoms with E-state index in [4.69, 9.17) is 0 Å². The molecule has 0 aliphatic carbocycles. The number of carbonyl (C=O) groups is 2. The largest absolute Gasteiger partial charge is 0.324 e. The number of nitrogens with zero attached hydrogens (tertiary/aromatic N) is 2. The second-order valence-electron chi connectivity index (χ2n) is 5.77. The van der Waals surface area contributed by atoms with Crippen molar-refractivity contribution in [3.63, 3.8) is 0 Å². The van der Waals surface area contributed by atoms with Crippen LogP contribution in [0.2, 0.25) is 0 Å². The molecule has 0 unspecified atom stereocenters. The smallest absolute Gasteiger partial charge is 0.268 e. The molecule has 1 aliphatic heterocycles. The molecular weight excluding hydrogens is 366 g/mol. The predicted molar refractivity (Wildman–Crippen MR) is 102 cm³/mol. The van der Waals surface area contributed by atoms with Crippen LogP contribution in [0.4, 0.5) is 5.82 Å². The molecule has 0 radical (unpaired) electrons. The van der Waals surface area contributed by atoms with Crippen molar-refractivity contribution < 1.29 is 9.59 Å². The Balaban J connectivity index is 1.60. The van der Waals surface area contributed by atoms with Crippen LogP contribution in [-0.4, -0.2) is 28.2 Å². The highest BCUT2D eigenvalue weighted by atomic mass is 32.2. The monoisotopic (exact) mass is 381 g/mol. The minimum atomic E-state index is -0.227. The molecule has 130 valence electrons. The minimum Gasteiger partial charge on any atom is -0.324 e. The molecule has 0 bridgehead atoms. The number of carbonyl (C=O) groups excluding carboxylic acids is 2. The molecule has 1 aliphatic rings. The second-order valence-corrected chi connectivity index (χ2v) is 8.09. The Hall–Kier alpha value is -2.64.